The summed E-state index contributed by atoms with van der Waals surface area (Å²) < 4.78 is 8.77. The molecule has 2 aromatic carbocycles. The summed E-state index contributed by atoms with van der Waals surface area (Å²) in [6.45, 7) is 8.04. The van der Waals surface area contributed by atoms with Gasteiger partial charge in [0, 0.05) is 32.4 Å². The van der Waals surface area contributed by atoms with Gasteiger partial charge in [-0.15, -0.1) is 0 Å². The molecule has 0 saturated carbocycles. The minimum Gasteiger partial charge on any atom is -0.756 e. The lowest BCUT2D eigenvalue weighted by molar-refractivity contribution is -0.214. The summed E-state index contributed by atoms with van der Waals surface area (Å²) in [5.41, 5.74) is 15.7. The van der Waals surface area contributed by atoms with E-state index in [0.717, 1.165) is 55.9 Å². The van der Waals surface area contributed by atoms with Crippen molar-refractivity contribution < 1.29 is 24.7 Å². The maximum Gasteiger partial charge on any atom is 0.262 e. The van der Waals surface area contributed by atoms with Crippen LogP contribution in [-0.4, -0.2) is 15.5 Å². The molecule has 6 N–H and O–H groups in total. The predicted molar refractivity (Wildman–Crippen MR) is 129 cm³/mol. The van der Waals surface area contributed by atoms with Gasteiger partial charge in [-0.1, -0.05) is 29.3 Å². The second kappa shape index (κ2) is 10.2. The first-order valence-electron chi connectivity index (χ1n) is 9.52. The van der Waals surface area contributed by atoms with Crippen LogP contribution in [0.15, 0.2) is 59.2 Å². The molecule has 9 heteroatoms. The van der Waals surface area contributed by atoms with E-state index in [4.69, 9.17) is 53.6 Å². The molecule has 3 rings (SSSR count). The van der Waals surface area contributed by atoms with Gasteiger partial charge in [-0.2, -0.15) is 0 Å². The third-order valence-electron chi connectivity index (χ3n) is 4.98. The number of allylic oxidation sites excluding steroid dienone is 5. The fourth-order valence-electron chi connectivity index (χ4n) is 3.43. The highest BCUT2D eigenvalue weighted by Gasteiger charge is 2.22. The summed E-state index contributed by atoms with van der Waals surface area (Å²) in [5.74, 6) is 0. The number of aryl methyl sites for hydroxylation is 2. The van der Waals surface area contributed by atoms with E-state index in [1.165, 1.54) is 0 Å². The Morgan fingerprint density at radius 1 is 1.00 bits per heavy atom. The Morgan fingerprint density at radius 3 is 1.81 bits per heavy atom. The standard InChI is InChI=1S/C23H22Cl2N2.H3O4P/c1-12-8-16(9-13(2)22(12)26)20(21-18(24)6-5-7-19(21)25)17-10-14(3)23(27)15(4)11-17;1-5(2,3)4/h5-11,26H,27H2,1-4H3;(H3,1,2,3,4). The van der Waals surface area contributed by atoms with Crippen molar-refractivity contribution in [2.24, 2.45) is 0 Å². The summed E-state index contributed by atoms with van der Waals surface area (Å²) in [7, 11) is -4.89. The quantitative estimate of drug-likeness (QED) is 0.374. The van der Waals surface area contributed by atoms with Crippen LogP contribution in [0.1, 0.15) is 36.1 Å². The second-order valence-electron chi connectivity index (χ2n) is 7.51. The van der Waals surface area contributed by atoms with E-state index in [2.05, 4.69) is 24.3 Å². The molecule has 0 bridgehead atoms. The average molecular weight is 495 g/mol. The number of phosphoric acid groups is 1. The Hall–Kier alpha value is -2.18. The molecular formula is C23H25Cl2N2O4P. The lowest BCUT2D eigenvalue weighted by Gasteiger charge is -2.19. The maximum absolute atomic E-state index is 8.77. The largest absolute Gasteiger partial charge is 0.756 e. The Labute approximate surface area is 197 Å². The van der Waals surface area contributed by atoms with Gasteiger partial charge in [0.2, 0.25) is 5.71 Å². The van der Waals surface area contributed by atoms with Crippen LogP contribution in [0.2, 0.25) is 10.0 Å². The van der Waals surface area contributed by atoms with Crippen molar-refractivity contribution in [3.05, 3.63) is 91.5 Å². The Bertz CT molecular complexity index is 1150. The molecule has 0 saturated heterocycles. The van der Waals surface area contributed by atoms with Gasteiger partial charge in [0.25, 0.3) is 7.82 Å². The van der Waals surface area contributed by atoms with Gasteiger partial charge in [-0.3, -0.25) is 9.97 Å². The lowest BCUT2D eigenvalue weighted by Crippen LogP contribution is -2.41. The number of hydrogen-bond acceptors (Lipinski definition) is 3. The number of nitrogen functional groups attached to an aromatic ring is 1. The van der Waals surface area contributed by atoms with Crippen LogP contribution >= 0.6 is 31.0 Å². The molecule has 0 aliphatic heterocycles. The summed E-state index contributed by atoms with van der Waals surface area (Å²) in [6.07, 6.45) is 4.16. The molecule has 2 aromatic rings. The number of benzene rings is 2. The van der Waals surface area contributed by atoms with Crippen LogP contribution in [-0.2, 0) is 4.57 Å². The zero-order valence-corrected chi connectivity index (χ0v) is 20.5. The van der Waals surface area contributed by atoms with Gasteiger partial charge in [0.15, 0.2) is 0 Å². The van der Waals surface area contributed by atoms with E-state index in [-0.39, 0.29) is 0 Å². The van der Waals surface area contributed by atoms with E-state index in [9.17, 15) is 0 Å². The topological polar surface area (TPSA) is 132 Å². The molecule has 170 valence electrons. The third kappa shape index (κ3) is 6.42. The number of anilines is 1. The number of nitrogens with two attached hydrogens (primary N) is 2. The normalized spacial score (nSPS) is 13.8. The van der Waals surface area contributed by atoms with Crippen molar-refractivity contribution in [3.63, 3.8) is 0 Å². The molecule has 6 nitrogen and oxygen atoms in total. The van der Waals surface area contributed by atoms with Crippen LogP contribution in [0.25, 0.3) is 5.57 Å². The number of hydrogen-bond donors (Lipinski definition) is 4. The van der Waals surface area contributed by atoms with Crippen LogP contribution in [0.4, 0.5) is 5.69 Å². The minimum absolute atomic E-state index is 0.608. The van der Waals surface area contributed by atoms with E-state index < -0.39 is 7.82 Å². The van der Waals surface area contributed by atoms with Crippen LogP contribution in [0.5, 0.6) is 0 Å². The molecule has 0 amide bonds. The predicted octanol–water partition coefficient (Wildman–Crippen LogP) is 3.54. The Balaban J connectivity index is 0.000000654. The summed E-state index contributed by atoms with van der Waals surface area (Å²) >= 11 is 13.2. The lowest BCUT2D eigenvalue weighted by atomic mass is 9.85. The van der Waals surface area contributed by atoms with Crippen molar-refractivity contribution in [2.75, 3.05) is 5.73 Å². The number of rotatable bonds is 2. The molecule has 1 aliphatic rings. The molecule has 0 fully saturated rings. The summed E-state index contributed by atoms with van der Waals surface area (Å²) in [6, 6.07) is 9.73. The van der Waals surface area contributed by atoms with E-state index in [1.54, 1.807) is 0 Å². The van der Waals surface area contributed by atoms with E-state index >= 15 is 0 Å². The smallest absolute Gasteiger partial charge is 0.262 e. The van der Waals surface area contributed by atoms with Crippen molar-refractivity contribution in [3.8, 4) is 0 Å². The van der Waals surface area contributed by atoms with Crippen molar-refractivity contribution in [1.29, 1.82) is 0 Å². The van der Waals surface area contributed by atoms with Crippen LogP contribution < -0.4 is 16.0 Å². The molecule has 32 heavy (non-hydrogen) atoms. The average Bonchev–Trinajstić information content (AvgIpc) is 2.65. The first-order chi connectivity index (χ1) is 14.7. The maximum atomic E-state index is 8.77. The molecular weight excluding hydrogens is 470 g/mol. The summed E-state index contributed by atoms with van der Waals surface area (Å²) in [4.78, 5) is 22.9. The summed E-state index contributed by atoms with van der Waals surface area (Å²) in [5, 5.41) is 7.39. The highest BCUT2D eigenvalue weighted by atomic mass is 35.5. The van der Waals surface area contributed by atoms with E-state index in [1.807, 2.05) is 45.9 Å². The van der Waals surface area contributed by atoms with Crippen molar-refractivity contribution in [2.45, 2.75) is 27.7 Å². The van der Waals surface area contributed by atoms with Gasteiger partial charge in [0.05, 0.1) is 0 Å². The first-order valence-corrected chi connectivity index (χ1v) is 11.8. The molecule has 0 aromatic heterocycles. The van der Waals surface area contributed by atoms with Crippen molar-refractivity contribution in [1.82, 2.24) is 0 Å². The van der Waals surface area contributed by atoms with Gasteiger partial charge in [-0.25, -0.2) is 0 Å². The van der Waals surface area contributed by atoms with Crippen LogP contribution in [0, 0.1) is 13.8 Å². The Morgan fingerprint density at radius 2 is 1.41 bits per heavy atom. The Kier molecular flexibility index (Phi) is 8.29. The molecule has 0 spiro atoms. The zero-order chi connectivity index (χ0) is 24.4. The van der Waals surface area contributed by atoms with Crippen LogP contribution in [0.3, 0.4) is 0 Å². The fourth-order valence-corrected chi connectivity index (χ4v) is 4.02. The van der Waals surface area contributed by atoms with Gasteiger partial charge in [0.1, 0.15) is 0 Å². The first kappa shape index (κ1) is 26.1. The minimum atomic E-state index is -4.89. The molecule has 0 heterocycles. The molecule has 0 radical (unpaired) electrons. The monoisotopic (exact) mass is 494 g/mol. The molecule has 1 aliphatic carbocycles. The van der Waals surface area contributed by atoms with Crippen molar-refractivity contribution >= 4 is 48.0 Å². The highest BCUT2D eigenvalue weighted by molar-refractivity contribution is 7.43. The SMILES string of the molecule is CC1=CC(=C(c2cc(C)c(N)c(C)c2)c2c(Cl)cccc2Cl)C=C(C)C1=[NH2+].O=P([O-])(O)O. The second-order valence-corrected chi connectivity index (χ2v) is 9.31. The van der Waals surface area contributed by atoms with Gasteiger partial charge >= 0.3 is 0 Å². The fraction of sp³-hybridized carbons (Fsp3) is 0.174. The number of halogens is 2. The third-order valence-corrected chi connectivity index (χ3v) is 5.61. The van der Waals surface area contributed by atoms with E-state index in [0.29, 0.717) is 10.0 Å². The molecule has 0 unspecified atom stereocenters. The highest BCUT2D eigenvalue weighted by Crippen LogP contribution is 2.40. The van der Waals surface area contributed by atoms with Gasteiger partial charge in [-0.05, 0) is 91.9 Å². The zero-order valence-electron chi connectivity index (χ0n) is 18.1. The van der Waals surface area contributed by atoms with Gasteiger partial charge < -0.3 is 20.4 Å². The molecule has 0 atom stereocenters.